The van der Waals surface area contributed by atoms with E-state index in [2.05, 4.69) is 50.2 Å². The maximum atomic E-state index is 5.92. The Morgan fingerprint density at radius 1 is 0.500 bits per heavy atom. The molecule has 4 aromatic rings. The summed E-state index contributed by atoms with van der Waals surface area (Å²) < 4.78 is 23.2. The van der Waals surface area contributed by atoms with Crippen LogP contribution in [0.3, 0.4) is 0 Å². The molecule has 4 rings (SSSR count). The molecule has 0 saturated carbocycles. The third kappa shape index (κ3) is 3.09. The minimum absolute atomic E-state index is 0.757. The molecule has 30 heavy (non-hydrogen) atoms. The molecule has 0 unspecified atom stereocenters. The first-order valence-electron chi connectivity index (χ1n) is 9.83. The van der Waals surface area contributed by atoms with Crippen LogP contribution in [0.5, 0.6) is 23.0 Å². The lowest BCUT2D eigenvalue weighted by molar-refractivity contribution is 0.402. The first-order chi connectivity index (χ1) is 14.5. The summed E-state index contributed by atoms with van der Waals surface area (Å²) in [5, 5.41) is 4.03. The van der Waals surface area contributed by atoms with Gasteiger partial charge < -0.3 is 18.9 Å². The number of aryl methyl sites for hydroxylation is 2. The first kappa shape index (κ1) is 19.9. The van der Waals surface area contributed by atoms with Crippen molar-refractivity contribution in [3.63, 3.8) is 0 Å². The van der Waals surface area contributed by atoms with Gasteiger partial charge in [-0.1, -0.05) is 24.3 Å². The van der Waals surface area contributed by atoms with Gasteiger partial charge in [0, 0.05) is 11.1 Å². The maximum absolute atomic E-state index is 5.92. The maximum Gasteiger partial charge on any atom is 0.138 e. The molecule has 0 heterocycles. The second-order valence-corrected chi connectivity index (χ2v) is 7.42. The molecule has 4 heteroatoms. The quantitative estimate of drug-likeness (QED) is 0.392. The van der Waals surface area contributed by atoms with Crippen molar-refractivity contribution in [2.75, 3.05) is 28.4 Å². The molecular weight excluding hydrogens is 376 g/mol. The van der Waals surface area contributed by atoms with Crippen LogP contribution in [0.2, 0.25) is 0 Å². The fourth-order valence-corrected chi connectivity index (χ4v) is 4.25. The number of fused-ring (bicyclic) bond motifs is 2. The summed E-state index contributed by atoms with van der Waals surface area (Å²) in [6, 6.07) is 16.7. The van der Waals surface area contributed by atoms with Crippen LogP contribution in [0, 0.1) is 13.8 Å². The van der Waals surface area contributed by atoms with Crippen LogP contribution in [-0.4, -0.2) is 28.4 Å². The Labute approximate surface area is 176 Å². The van der Waals surface area contributed by atoms with Crippen molar-refractivity contribution in [1.29, 1.82) is 0 Å². The Kier molecular flexibility index (Phi) is 5.17. The van der Waals surface area contributed by atoms with Crippen LogP contribution >= 0.6 is 0 Å². The number of methoxy groups -OCH3 is 4. The molecule has 0 atom stereocenters. The number of benzene rings is 4. The molecule has 0 radical (unpaired) electrons. The summed E-state index contributed by atoms with van der Waals surface area (Å²) in [4.78, 5) is 0. The lowest BCUT2D eigenvalue weighted by Gasteiger charge is -2.19. The van der Waals surface area contributed by atoms with Crippen LogP contribution in [0.1, 0.15) is 11.1 Å². The SMILES string of the molecule is COc1cc(C)cc2ccc(-c3ccc4cc(C)cc(OC)c4c3OC)c(OC)c12. The molecule has 0 spiro atoms. The van der Waals surface area contributed by atoms with E-state index in [9.17, 15) is 0 Å². The molecule has 0 aliphatic rings. The van der Waals surface area contributed by atoms with E-state index in [1.807, 2.05) is 12.1 Å². The lowest BCUT2D eigenvalue weighted by atomic mass is 9.94. The zero-order chi connectivity index (χ0) is 21.4. The summed E-state index contributed by atoms with van der Waals surface area (Å²) in [6.45, 7) is 4.12. The number of rotatable bonds is 5. The monoisotopic (exact) mass is 402 g/mol. The topological polar surface area (TPSA) is 36.9 Å². The smallest absolute Gasteiger partial charge is 0.138 e. The summed E-state index contributed by atoms with van der Waals surface area (Å²) in [7, 11) is 6.75. The van der Waals surface area contributed by atoms with E-state index in [0.717, 1.165) is 66.8 Å². The molecule has 0 fully saturated rings. The number of hydrogen-bond acceptors (Lipinski definition) is 4. The predicted molar refractivity (Wildman–Crippen MR) is 123 cm³/mol. The van der Waals surface area contributed by atoms with Gasteiger partial charge in [-0.3, -0.25) is 0 Å². The zero-order valence-electron chi connectivity index (χ0n) is 18.3. The molecule has 0 bridgehead atoms. The van der Waals surface area contributed by atoms with Crippen LogP contribution in [0.15, 0.2) is 48.5 Å². The Balaban J connectivity index is 2.10. The lowest BCUT2D eigenvalue weighted by Crippen LogP contribution is -1.97. The van der Waals surface area contributed by atoms with Crippen molar-refractivity contribution >= 4 is 21.5 Å². The van der Waals surface area contributed by atoms with Gasteiger partial charge in [-0.25, -0.2) is 0 Å². The molecule has 0 saturated heterocycles. The van der Waals surface area contributed by atoms with E-state index in [4.69, 9.17) is 18.9 Å². The Morgan fingerprint density at radius 3 is 1.23 bits per heavy atom. The van der Waals surface area contributed by atoms with Crippen LogP contribution < -0.4 is 18.9 Å². The van der Waals surface area contributed by atoms with E-state index in [1.165, 1.54) is 0 Å². The fraction of sp³-hybridized carbons (Fsp3) is 0.231. The van der Waals surface area contributed by atoms with Gasteiger partial charge in [0.05, 0.1) is 39.2 Å². The van der Waals surface area contributed by atoms with Gasteiger partial charge in [-0.15, -0.1) is 0 Å². The van der Waals surface area contributed by atoms with Gasteiger partial charge in [0.1, 0.15) is 23.0 Å². The van der Waals surface area contributed by atoms with Crippen molar-refractivity contribution in [3.05, 3.63) is 59.7 Å². The molecule has 4 nitrogen and oxygen atoms in total. The molecule has 0 amide bonds. The average molecular weight is 402 g/mol. The van der Waals surface area contributed by atoms with Crippen LogP contribution in [0.25, 0.3) is 32.7 Å². The predicted octanol–water partition coefficient (Wildman–Crippen LogP) is 6.31. The average Bonchev–Trinajstić information content (AvgIpc) is 2.76. The standard InChI is InChI=1S/C26H26O4/c1-15-11-17-7-9-19(25(29-5)23(17)21(13-15)27-3)20-10-8-18-12-16(2)14-22(28-4)24(18)26(20)30-6/h7-14H,1-6H3. The molecule has 0 aliphatic heterocycles. The van der Waals surface area contributed by atoms with Gasteiger partial charge in [0.15, 0.2) is 0 Å². The zero-order valence-corrected chi connectivity index (χ0v) is 18.3. The summed E-state index contributed by atoms with van der Waals surface area (Å²) in [5.74, 6) is 3.09. The molecule has 154 valence electrons. The third-order valence-corrected chi connectivity index (χ3v) is 5.49. The van der Waals surface area contributed by atoms with E-state index in [0.29, 0.717) is 0 Å². The highest BCUT2D eigenvalue weighted by Gasteiger charge is 2.20. The normalized spacial score (nSPS) is 11.0. The third-order valence-electron chi connectivity index (χ3n) is 5.49. The highest BCUT2D eigenvalue weighted by molar-refractivity contribution is 6.04. The second kappa shape index (κ2) is 7.79. The van der Waals surface area contributed by atoms with Gasteiger partial charge in [-0.2, -0.15) is 0 Å². The molecule has 0 N–H and O–H groups in total. The summed E-state index contributed by atoms with van der Waals surface area (Å²) in [6.07, 6.45) is 0. The highest BCUT2D eigenvalue weighted by Crippen LogP contribution is 2.47. The highest BCUT2D eigenvalue weighted by atomic mass is 16.5. The van der Waals surface area contributed by atoms with Crippen LogP contribution in [-0.2, 0) is 0 Å². The summed E-state index contributed by atoms with van der Waals surface area (Å²) in [5.41, 5.74) is 4.15. The van der Waals surface area contributed by atoms with Crippen molar-refractivity contribution in [1.82, 2.24) is 0 Å². The minimum atomic E-state index is 0.757. The van der Waals surface area contributed by atoms with Gasteiger partial charge in [0.25, 0.3) is 0 Å². The number of ether oxygens (including phenoxy) is 4. The van der Waals surface area contributed by atoms with Crippen molar-refractivity contribution < 1.29 is 18.9 Å². The van der Waals surface area contributed by atoms with Crippen molar-refractivity contribution in [2.45, 2.75) is 13.8 Å². The van der Waals surface area contributed by atoms with Crippen LogP contribution in [0.4, 0.5) is 0 Å². The Morgan fingerprint density at radius 2 is 0.900 bits per heavy atom. The summed E-state index contributed by atoms with van der Waals surface area (Å²) >= 11 is 0. The molecular formula is C26H26O4. The van der Waals surface area contributed by atoms with Gasteiger partial charge in [0.2, 0.25) is 0 Å². The Bertz CT molecular complexity index is 1160. The van der Waals surface area contributed by atoms with Gasteiger partial charge >= 0.3 is 0 Å². The molecule has 0 aliphatic carbocycles. The van der Waals surface area contributed by atoms with E-state index in [1.54, 1.807) is 28.4 Å². The van der Waals surface area contributed by atoms with E-state index >= 15 is 0 Å². The molecule has 0 aromatic heterocycles. The van der Waals surface area contributed by atoms with Crippen molar-refractivity contribution in [2.24, 2.45) is 0 Å². The van der Waals surface area contributed by atoms with E-state index in [-0.39, 0.29) is 0 Å². The second-order valence-electron chi connectivity index (χ2n) is 7.42. The number of hydrogen-bond donors (Lipinski definition) is 0. The fourth-order valence-electron chi connectivity index (χ4n) is 4.25. The van der Waals surface area contributed by atoms with Gasteiger partial charge in [-0.05, 0) is 60.0 Å². The largest absolute Gasteiger partial charge is 0.496 e. The Hall–Kier alpha value is -3.40. The first-order valence-corrected chi connectivity index (χ1v) is 9.83. The molecule has 4 aromatic carbocycles. The minimum Gasteiger partial charge on any atom is -0.496 e. The van der Waals surface area contributed by atoms with Crippen molar-refractivity contribution in [3.8, 4) is 34.1 Å². The van der Waals surface area contributed by atoms with E-state index < -0.39 is 0 Å².